The maximum atomic E-state index is 10.3. The number of nitrogens with two attached hydrogens (primary N) is 1. The van der Waals surface area contributed by atoms with Crippen LogP contribution in [0.2, 0.25) is 5.15 Å². The Morgan fingerprint density at radius 3 is 2.71 bits per heavy atom. The summed E-state index contributed by atoms with van der Waals surface area (Å²) < 4.78 is 0. The highest BCUT2D eigenvalue weighted by atomic mass is 35.5. The molecule has 0 aliphatic carbocycles. The molecule has 14 heavy (non-hydrogen) atoms. The van der Waals surface area contributed by atoms with Gasteiger partial charge in [0.2, 0.25) is 0 Å². The molecule has 0 saturated heterocycles. The number of halogens is 1. The van der Waals surface area contributed by atoms with Gasteiger partial charge in [0.15, 0.2) is 0 Å². The Bertz CT molecular complexity index is 381. The van der Waals surface area contributed by atoms with Crippen LogP contribution in [0, 0.1) is 6.92 Å². The van der Waals surface area contributed by atoms with Crippen molar-refractivity contribution in [1.82, 2.24) is 9.97 Å². The van der Waals surface area contributed by atoms with E-state index < -0.39 is 5.97 Å². The van der Waals surface area contributed by atoms with Gasteiger partial charge in [0.25, 0.3) is 0 Å². The molecular weight excluding hydrogens is 206 g/mol. The highest BCUT2D eigenvalue weighted by molar-refractivity contribution is 6.31. The van der Waals surface area contributed by atoms with Gasteiger partial charge in [-0.25, -0.2) is 14.8 Å². The molecule has 0 bridgehead atoms. The second-order valence-corrected chi connectivity index (χ2v) is 2.89. The van der Waals surface area contributed by atoms with Gasteiger partial charge in [0, 0.05) is 6.08 Å². The Kier molecular flexibility index (Phi) is 3.03. The van der Waals surface area contributed by atoms with E-state index in [2.05, 4.69) is 9.97 Å². The average Bonchev–Trinajstić information content (AvgIpc) is 2.01. The van der Waals surface area contributed by atoms with Crippen LogP contribution in [-0.2, 0) is 4.79 Å². The molecular formula is C8H8ClN3O2. The number of anilines is 1. The summed E-state index contributed by atoms with van der Waals surface area (Å²) in [6.45, 7) is 1.65. The number of hydrogen-bond donors (Lipinski definition) is 2. The third-order valence-electron chi connectivity index (χ3n) is 1.43. The van der Waals surface area contributed by atoms with Gasteiger partial charge in [0.05, 0.1) is 5.56 Å². The minimum atomic E-state index is -1.08. The molecule has 74 valence electrons. The zero-order valence-electron chi connectivity index (χ0n) is 7.36. The SMILES string of the molecule is Cc1nc(N)c(C=CC(=O)O)c(Cl)n1. The highest BCUT2D eigenvalue weighted by Gasteiger charge is 2.05. The Labute approximate surface area is 85.2 Å². The lowest BCUT2D eigenvalue weighted by molar-refractivity contribution is -0.131. The van der Waals surface area contributed by atoms with E-state index in [-0.39, 0.29) is 11.0 Å². The summed E-state index contributed by atoms with van der Waals surface area (Å²) in [5.74, 6) is -0.471. The van der Waals surface area contributed by atoms with E-state index in [1.54, 1.807) is 6.92 Å². The molecule has 0 atom stereocenters. The number of rotatable bonds is 2. The molecule has 1 aromatic heterocycles. The van der Waals surface area contributed by atoms with Gasteiger partial charge in [-0.2, -0.15) is 0 Å². The molecule has 6 heteroatoms. The van der Waals surface area contributed by atoms with Crippen molar-refractivity contribution < 1.29 is 9.90 Å². The van der Waals surface area contributed by atoms with Crippen molar-refractivity contribution in [2.45, 2.75) is 6.92 Å². The number of aliphatic carboxylic acids is 1. The van der Waals surface area contributed by atoms with E-state index in [1.807, 2.05) is 0 Å². The van der Waals surface area contributed by atoms with Gasteiger partial charge in [-0.3, -0.25) is 0 Å². The number of carboxylic acid groups (broad SMARTS) is 1. The molecule has 1 heterocycles. The van der Waals surface area contributed by atoms with Crippen LogP contribution in [-0.4, -0.2) is 21.0 Å². The number of nitrogens with zero attached hydrogens (tertiary/aromatic N) is 2. The van der Waals surface area contributed by atoms with Crippen LogP contribution in [0.4, 0.5) is 5.82 Å². The smallest absolute Gasteiger partial charge is 0.328 e. The quantitative estimate of drug-likeness (QED) is 0.568. The van der Waals surface area contributed by atoms with Crippen molar-refractivity contribution in [3.63, 3.8) is 0 Å². The Hall–Kier alpha value is -1.62. The largest absolute Gasteiger partial charge is 0.478 e. The number of nitrogen functional groups attached to an aromatic ring is 1. The monoisotopic (exact) mass is 213 g/mol. The summed E-state index contributed by atoms with van der Waals surface area (Å²) in [5, 5.41) is 8.55. The number of hydrogen-bond acceptors (Lipinski definition) is 4. The van der Waals surface area contributed by atoms with Crippen LogP contribution in [0.25, 0.3) is 6.08 Å². The van der Waals surface area contributed by atoms with Crippen LogP contribution >= 0.6 is 11.6 Å². The number of carbonyl (C=O) groups is 1. The summed E-state index contributed by atoms with van der Waals surface area (Å²) >= 11 is 5.74. The highest BCUT2D eigenvalue weighted by Crippen LogP contribution is 2.19. The third kappa shape index (κ3) is 2.43. The van der Waals surface area contributed by atoms with E-state index in [0.717, 1.165) is 6.08 Å². The van der Waals surface area contributed by atoms with Gasteiger partial charge in [-0.15, -0.1) is 0 Å². The maximum absolute atomic E-state index is 10.3. The van der Waals surface area contributed by atoms with Gasteiger partial charge < -0.3 is 10.8 Å². The minimum Gasteiger partial charge on any atom is -0.478 e. The summed E-state index contributed by atoms with van der Waals surface area (Å²) in [4.78, 5) is 17.9. The number of carboxylic acids is 1. The van der Waals surface area contributed by atoms with Gasteiger partial charge in [0.1, 0.15) is 16.8 Å². The van der Waals surface area contributed by atoms with Crippen LogP contribution < -0.4 is 5.73 Å². The Balaban J connectivity index is 3.15. The van der Waals surface area contributed by atoms with Gasteiger partial charge in [-0.1, -0.05) is 11.6 Å². The molecule has 0 saturated carbocycles. The number of aryl methyl sites for hydroxylation is 1. The minimum absolute atomic E-state index is 0.146. The molecule has 0 aliphatic rings. The fraction of sp³-hybridized carbons (Fsp3) is 0.125. The second kappa shape index (κ2) is 4.06. The predicted molar refractivity (Wildman–Crippen MR) is 52.9 cm³/mol. The molecule has 1 rings (SSSR count). The van der Waals surface area contributed by atoms with Crippen molar-refractivity contribution >= 4 is 29.5 Å². The third-order valence-corrected chi connectivity index (χ3v) is 1.72. The lowest BCUT2D eigenvalue weighted by Gasteiger charge is -2.02. The van der Waals surface area contributed by atoms with E-state index in [4.69, 9.17) is 22.4 Å². The van der Waals surface area contributed by atoms with Crippen LogP contribution in [0.5, 0.6) is 0 Å². The van der Waals surface area contributed by atoms with E-state index in [0.29, 0.717) is 11.4 Å². The fourth-order valence-corrected chi connectivity index (χ4v) is 1.16. The first-order valence-electron chi connectivity index (χ1n) is 3.71. The molecule has 0 unspecified atom stereocenters. The van der Waals surface area contributed by atoms with Crippen molar-refractivity contribution in [2.24, 2.45) is 0 Å². The summed E-state index contributed by atoms with van der Waals surface area (Å²) in [6, 6.07) is 0. The lowest BCUT2D eigenvalue weighted by Crippen LogP contribution is -2.00. The zero-order valence-corrected chi connectivity index (χ0v) is 8.12. The Morgan fingerprint density at radius 1 is 1.57 bits per heavy atom. The van der Waals surface area contributed by atoms with Crippen molar-refractivity contribution in [1.29, 1.82) is 0 Å². The summed E-state index contributed by atoms with van der Waals surface area (Å²) in [5.41, 5.74) is 5.85. The van der Waals surface area contributed by atoms with Crippen molar-refractivity contribution in [2.75, 3.05) is 5.73 Å². The van der Waals surface area contributed by atoms with Crippen molar-refractivity contribution in [3.05, 3.63) is 22.6 Å². The first kappa shape index (κ1) is 10.5. The van der Waals surface area contributed by atoms with E-state index in [9.17, 15) is 4.79 Å². The van der Waals surface area contributed by atoms with Crippen LogP contribution in [0.1, 0.15) is 11.4 Å². The van der Waals surface area contributed by atoms with Gasteiger partial charge in [-0.05, 0) is 13.0 Å². The predicted octanol–water partition coefficient (Wildman–Crippen LogP) is 1.12. The van der Waals surface area contributed by atoms with E-state index in [1.165, 1.54) is 6.08 Å². The Morgan fingerprint density at radius 2 is 2.21 bits per heavy atom. The molecule has 5 nitrogen and oxygen atoms in total. The van der Waals surface area contributed by atoms with E-state index >= 15 is 0 Å². The standard InChI is InChI=1S/C8H8ClN3O2/c1-4-11-7(9)5(8(10)12-4)2-3-6(13)14/h2-3H,1H3,(H,13,14)(H2,10,11,12). The molecule has 0 spiro atoms. The number of aromatic nitrogens is 2. The molecule has 1 aromatic rings. The first-order chi connectivity index (χ1) is 6.50. The van der Waals surface area contributed by atoms with Gasteiger partial charge >= 0.3 is 5.97 Å². The molecule has 0 radical (unpaired) electrons. The molecule has 0 aliphatic heterocycles. The molecule has 3 N–H and O–H groups in total. The zero-order chi connectivity index (χ0) is 10.7. The summed E-state index contributed by atoms with van der Waals surface area (Å²) in [6.07, 6.45) is 2.19. The topological polar surface area (TPSA) is 89.1 Å². The van der Waals surface area contributed by atoms with Crippen LogP contribution in [0.3, 0.4) is 0 Å². The lowest BCUT2D eigenvalue weighted by atomic mass is 10.3. The summed E-state index contributed by atoms with van der Waals surface area (Å²) in [7, 11) is 0. The normalized spacial score (nSPS) is 10.7. The van der Waals surface area contributed by atoms with Crippen LogP contribution in [0.15, 0.2) is 6.08 Å². The maximum Gasteiger partial charge on any atom is 0.328 e. The molecule has 0 amide bonds. The average molecular weight is 214 g/mol. The fourth-order valence-electron chi connectivity index (χ4n) is 0.876. The second-order valence-electron chi connectivity index (χ2n) is 2.53. The first-order valence-corrected chi connectivity index (χ1v) is 4.09. The molecule has 0 aromatic carbocycles. The molecule has 0 fully saturated rings. The van der Waals surface area contributed by atoms with Crippen molar-refractivity contribution in [3.8, 4) is 0 Å².